The number of carboxylic acid groups (broad SMARTS) is 3. The number of aliphatic hydroxyl groups excluding tert-OH is 1. The molecule has 1 aromatic carbocycles. The molecule has 0 aliphatic carbocycles. The van der Waals surface area contributed by atoms with Crippen molar-refractivity contribution in [1.29, 1.82) is 0 Å². The van der Waals surface area contributed by atoms with Crippen molar-refractivity contribution in [3.63, 3.8) is 0 Å². The van der Waals surface area contributed by atoms with Gasteiger partial charge >= 0.3 is 239 Å². The van der Waals surface area contributed by atoms with Crippen LogP contribution in [0.3, 0.4) is 0 Å². The van der Waals surface area contributed by atoms with Crippen molar-refractivity contribution in [1.82, 2.24) is 15.7 Å². The monoisotopic (exact) mass is 3170 g/mol. The summed E-state index contributed by atoms with van der Waals surface area (Å²) in [6, 6.07) is 4.72. The Kier molecular flexibility index (Phi) is 91.8. The van der Waals surface area contributed by atoms with E-state index in [0.717, 1.165) is 11.1 Å². The summed E-state index contributed by atoms with van der Waals surface area (Å²) >= 11 is 25.3. The quantitative estimate of drug-likeness (QED) is 0.0109. The maximum absolute atomic E-state index is 12.5. The molecule has 7 atom stereocenters. The van der Waals surface area contributed by atoms with Gasteiger partial charge in [0.2, 0.25) is 11.8 Å². The number of nitrogens with one attached hydrogen (secondary N) is 2. The first-order valence-corrected chi connectivity index (χ1v) is 93.2. The average molecular weight is 3170 g/mol. The van der Waals surface area contributed by atoms with E-state index in [0.29, 0.717) is 31.6 Å². The Balaban J connectivity index is -0.000000181. The number of nitrogens with zero attached hydrogens (tertiary/aromatic N) is 1. The van der Waals surface area contributed by atoms with Gasteiger partial charge in [0.05, 0.1) is 62.0 Å². The van der Waals surface area contributed by atoms with Crippen molar-refractivity contribution in [2.24, 2.45) is 59.0 Å². The number of esters is 4. The number of aliphatic hydroxyl groups is 1. The molecule has 2 rings (SSSR count). The summed E-state index contributed by atoms with van der Waals surface area (Å²) in [5, 5.41) is 40.3. The van der Waals surface area contributed by atoms with Crippen LogP contribution in [0.25, 0.3) is 0 Å². The Labute approximate surface area is 761 Å². The van der Waals surface area contributed by atoms with Crippen LogP contribution in [0.5, 0.6) is 0 Å². The number of Topliss-reactive ketones (excluding diaryl/α,β-unsaturated/α-hetero) is 1. The van der Waals surface area contributed by atoms with E-state index in [1.165, 1.54) is 31.2 Å². The van der Waals surface area contributed by atoms with Gasteiger partial charge in [-0.05, 0) is 54.6 Å². The standard InChI is InChI=1S/C21H29NO5.C14H19NO6.C13H21NO5.C10H16O4.C5H11NO2.I5.I4.I3.I2.HI/c1-5-10-27-20(25)12-18(14(2)3)21(26)22-15(4)19(24)11-16-6-8-17(13-23)9-7-16;1-4-7-20-13(18)8-10(9(2)3)14(19)21-15-11(16)5-6-12(15)17;1-5-6-19-11(15)7-10(8(2)3)12(16)14-9(4)13(17)18;1-4-5-14-9(11)6-8(7(2)3)10(12)13;1-3(2)4(6)5(7)8;1-4-5(2)3;1-4(2)3;1-3-2;1-2;/h5-9,14-15,18,23H,1,10-13H2,2-4H3,(H,22,26);4,9-10H,1,5-8H2,2-3H3;5,8-10H,1,6-7H2,2-4H3,(H,14,16)(H,17,18);4,7-8H,1,5-6H2,2-3H3,(H,12,13);3-4H,6H2,1-2H3,(H,7,8);;;;;1H/q;;;;;-1;;-1;;/t15-,18-;10-;9-,10-;8-;4-;;;;;/m00000...../s1. The van der Waals surface area contributed by atoms with Gasteiger partial charge in [-0.3, -0.25) is 57.5 Å². The van der Waals surface area contributed by atoms with Crippen LogP contribution in [0.2, 0.25) is 0 Å². The maximum atomic E-state index is 12.5. The number of carbonyl (C=O) groups excluding carboxylic acids is 10. The van der Waals surface area contributed by atoms with Crippen LogP contribution in [-0.2, 0) is 99.1 Å². The van der Waals surface area contributed by atoms with Crippen LogP contribution in [0.4, 0.5) is 0 Å². The third-order valence-electron chi connectivity index (χ3n) is 12.9. The van der Waals surface area contributed by atoms with Crippen molar-refractivity contribution < 1.29 is 133 Å². The molecule has 1 aromatic rings. The van der Waals surface area contributed by atoms with E-state index < -0.39 is 107 Å². The normalized spacial score (nSPS) is 13.1. The molecule has 41 heteroatoms. The number of benzene rings is 1. The van der Waals surface area contributed by atoms with Crippen molar-refractivity contribution in [2.75, 3.05) is 26.4 Å². The summed E-state index contributed by atoms with van der Waals surface area (Å²) in [5.41, 5.74) is 6.75. The number of carbonyl (C=O) groups is 13. The van der Waals surface area contributed by atoms with Gasteiger partial charge in [-0.15, -0.1) is 29.0 Å². The minimum absolute atomic E-state index is 0. The molecule has 26 nitrogen and oxygen atoms in total. The molecular weight excluding hydrogens is 3070 g/mol. The van der Waals surface area contributed by atoms with Crippen molar-refractivity contribution >= 4 is 303 Å². The summed E-state index contributed by atoms with van der Waals surface area (Å²) in [6.07, 6.45) is 5.63. The molecule has 0 aromatic heterocycles. The first-order valence-electron chi connectivity index (χ1n) is 30.3. The first-order chi connectivity index (χ1) is 47.9. The Hall–Kier alpha value is 2.56. The molecule has 8 N–H and O–H groups in total. The van der Waals surface area contributed by atoms with Crippen LogP contribution in [0.15, 0.2) is 74.9 Å². The Morgan fingerprint density at radius 3 is 1.06 bits per heavy atom. The molecule has 0 radical (unpaired) electrons. The van der Waals surface area contributed by atoms with Gasteiger partial charge in [-0.25, -0.2) is 4.79 Å². The molecule has 0 saturated carbocycles. The van der Waals surface area contributed by atoms with Gasteiger partial charge < -0.3 is 60.6 Å². The Morgan fingerprint density at radius 2 is 0.817 bits per heavy atom. The van der Waals surface area contributed by atoms with Gasteiger partial charge in [0.25, 0.3) is 11.8 Å². The Bertz CT molecular complexity index is 2690. The van der Waals surface area contributed by atoms with Gasteiger partial charge in [-0.2, -0.15) is 0 Å². The number of ether oxygens (including phenoxy) is 4. The number of hydroxylamine groups is 2. The van der Waals surface area contributed by atoms with Crippen LogP contribution < -0.4 is 42.9 Å². The van der Waals surface area contributed by atoms with E-state index in [9.17, 15) is 62.3 Å². The van der Waals surface area contributed by atoms with Crippen LogP contribution >= 0.6 is 226 Å². The van der Waals surface area contributed by atoms with E-state index >= 15 is 0 Å². The molecule has 1 heterocycles. The average Bonchev–Trinajstić information content (AvgIpc) is 1.67. The van der Waals surface area contributed by atoms with Crippen molar-refractivity contribution in [2.45, 2.75) is 153 Å². The predicted octanol–water partition coefficient (Wildman–Crippen LogP) is 10.9. The third kappa shape index (κ3) is 71.1. The predicted molar refractivity (Wildman–Crippen MR) is 509 cm³/mol. The minimum atomic E-state index is -1.12. The van der Waals surface area contributed by atoms with E-state index in [-0.39, 0.29) is 159 Å². The molecule has 0 unspecified atom stereocenters. The molecule has 4 amide bonds. The molecule has 1 aliphatic heterocycles. The number of ketones is 1. The SMILES string of the molecule is C=CCOC(=O)C[C@H](C(=O)N[C@@H](C)C(=O)Cc1ccc(CO)cc1)C(C)C.C=CCOC(=O)C[C@H](C(=O)N[C@@H](C)C(=O)O)C(C)C.C=CCOC(=O)C[C@H](C(=O)O)C(C)C.C=CCOC(=O)C[C@H](C(=O)ON1C(=O)CCC1=O)C(C)C.CC(C)[C@H](N)C(=O)O.I.II.II(I)I.I[I-]I.I[I-]I(I)I. The number of amides is 4. The molecule has 104 heavy (non-hydrogen) atoms. The molecule has 0 spiro atoms. The second-order valence-corrected chi connectivity index (χ2v) is 152. The molecule has 1 aliphatic rings. The number of carboxylic acids is 3. The van der Waals surface area contributed by atoms with Crippen LogP contribution in [0.1, 0.15) is 133 Å². The number of imide groups is 1. The van der Waals surface area contributed by atoms with Crippen molar-refractivity contribution in [3.05, 3.63) is 86.0 Å². The summed E-state index contributed by atoms with van der Waals surface area (Å²) in [5.74, 6) is -10.9. The van der Waals surface area contributed by atoms with E-state index in [1.54, 1.807) is 86.6 Å². The summed E-state index contributed by atoms with van der Waals surface area (Å²) in [7, 11) is -0.599. The molecule has 0 bridgehead atoms. The summed E-state index contributed by atoms with van der Waals surface area (Å²) in [4.78, 5) is 154. The summed E-state index contributed by atoms with van der Waals surface area (Å²) < 4.78 is 19.3. The zero-order valence-electron chi connectivity index (χ0n) is 59.2. The summed E-state index contributed by atoms with van der Waals surface area (Å²) in [6.45, 7) is 34.9. The number of hydrogen-bond acceptors (Lipinski definition) is 20. The Morgan fingerprint density at radius 1 is 0.529 bits per heavy atom. The van der Waals surface area contributed by atoms with E-state index in [1.807, 2.05) is 13.8 Å². The zero-order chi connectivity index (χ0) is 81.8. The van der Waals surface area contributed by atoms with Gasteiger partial charge in [0.1, 0.15) is 38.5 Å². The number of rotatable bonds is 35. The van der Waals surface area contributed by atoms with E-state index in [2.05, 4.69) is 223 Å². The van der Waals surface area contributed by atoms with Crippen LogP contribution in [-0.4, -0.2) is 147 Å². The fraction of sp³-hybridized carbons (Fsp3) is 0.571. The topological polar surface area (TPSA) is 402 Å². The zero-order valence-corrected chi connectivity index (χ0v) is 91.8. The van der Waals surface area contributed by atoms with Crippen LogP contribution in [0, 0.1) is 53.3 Å². The fourth-order valence-corrected chi connectivity index (χ4v) is 7.02. The van der Waals surface area contributed by atoms with Gasteiger partial charge in [0.15, 0.2) is 5.78 Å². The first kappa shape index (κ1) is 122. The number of halogens is 15. The second kappa shape index (κ2) is 78.1. The molecular formula is C63H97I15N4O22-2. The second-order valence-electron chi connectivity index (χ2n) is 22.4. The number of nitrogens with two attached hydrogens (primary N) is 1. The molecule has 1 saturated heterocycles. The molecule has 608 valence electrons. The van der Waals surface area contributed by atoms with Gasteiger partial charge in [0, 0.05) is 56.5 Å². The van der Waals surface area contributed by atoms with Gasteiger partial charge in [-0.1, -0.05) is 144 Å². The number of aliphatic carboxylic acids is 3. The molecule has 1 fully saturated rings. The number of hydrogen-bond donors (Lipinski definition) is 7. The third-order valence-corrected chi connectivity index (χ3v) is 95.5. The fourth-order valence-electron chi connectivity index (χ4n) is 7.02. The van der Waals surface area contributed by atoms with E-state index in [4.69, 9.17) is 49.9 Å². The van der Waals surface area contributed by atoms with Crippen molar-refractivity contribution in [3.8, 4) is 0 Å².